The number of pyridine rings is 1. The lowest BCUT2D eigenvalue weighted by atomic mass is 10.1. The molecule has 9 nitrogen and oxygen atoms in total. The first-order valence-electron chi connectivity index (χ1n) is 10.1. The van der Waals surface area contributed by atoms with Gasteiger partial charge in [-0.25, -0.2) is 4.79 Å². The highest BCUT2D eigenvalue weighted by Gasteiger charge is 2.29. The van der Waals surface area contributed by atoms with Crippen LogP contribution in [-0.2, 0) is 24.3 Å². The number of thiophene rings is 1. The molecule has 0 aromatic carbocycles. The lowest BCUT2D eigenvalue weighted by molar-refractivity contribution is 0.0592. The Balaban J connectivity index is 1.66. The van der Waals surface area contributed by atoms with E-state index in [9.17, 15) is 14.4 Å². The van der Waals surface area contributed by atoms with Crippen molar-refractivity contribution in [3.05, 3.63) is 67.1 Å². The Morgan fingerprint density at radius 1 is 1.22 bits per heavy atom. The Morgan fingerprint density at radius 3 is 2.69 bits per heavy atom. The number of aromatic nitrogens is 2. The van der Waals surface area contributed by atoms with Gasteiger partial charge in [-0.3, -0.25) is 9.59 Å². The van der Waals surface area contributed by atoms with Crippen LogP contribution in [0.1, 0.15) is 43.4 Å². The largest absolute Gasteiger partial charge is 0.488 e. The van der Waals surface area contributed by atoms with Gasteiger partial charge < -0.3 is 23.5 Å². The van der Waals surface area contributed by atoms with Crippen LogP contribution in [0, 0.1) is 13.8 Å². The SMILES string of the molecule is COC(=O)c1c(OCc2ccsc2)cc(=O)n2c1CCN(C(=O)c1c(C)noc1C)CC2. The average Bonchev–Trinajstić information content (AvgIpc) is 3.35. The van der Waals surface area contributed by atoms with E-state index in [1.54, 1.807) is 18.7 Å². The van der Waals surface area contributed by atoms with Crippen molar-refractivity contribution < 1.29 is 23.6 Å². The van der Waals surface area contributed by atoms with Crippen molar-refractivity contribution >= 4 is 23.2 Å². The smallest absolute Gasteiger partial charge is 0.343 e. The van der Waals surface area contributed by atoms with E-state index in [1.807, 2.05) is 16.8 Å². The van der Waals surface area contributed by atoms with Crippen molar-refractivity contribution in [1.82, 2.24) is 14.6 Å². The minimum Gasteiger partial charge on any atom is -0.488 e. The number of fused-ring (bicyclic) bond motifs is 1. The first kappa shape index (κ1) is 21.8. The number of nitrogens with zero attached hydrogens (tertiary/aromatic N) is 3. The average molecular weight is 458 g/mol. The molecule has 0 radical (unpaired) electrons. The van der Waals surface area contributed by atoms with Gasteiger partial charge in [-0.2, -0.15) is 11.3 Å². The minimum atomic E-state index is -0.584. The van der Waals surface area contributed by atoms with Crippen LogP contribution in [0.5, 0.6) is 5.75 Å². The second-order valence-electron chi connectivity index (χ2n) is 7.47. The minimum absolute atomic E-state index is 0.185. The van der Waals surface area contributed by atoms with Crippen molar-refractivity contribution in [1.29, 1.82) is 0 Å². The third kappa shape index (κ3) is 4.05. The second kappa shape index (κ2) is 8.99. The monoisotopic (exact) mass is 457 g/mol. The van der Waals surface area contributed by atoms with Crippen LogP contribution >= 0.6 is 11.3 Å². The zero-order chi connectivity index (χ0) is 22.8. The number of amides is 1. The Labute approximate surface area is 188 Å². The number of esters is 1. The summed E-state index contributed by atoms with van der Waals surface area (Å²) in [7, 11) is 1.29. The molecule has 0 fully saturated rings. The first-order chi connectivity index (χ1) is 15.4. The van der Waals surface area contributed by atoms with E-state index in [4.69, 9.17) is 14.0 Å². The van der Waals surface area contributed by atoms with E-state index in [1.165, 1.54) is 29.1 Å². The normalized spacial score (nSPS) is 13.4. The van der Waals surface area contributed by atoms with Gasteiger partial charge in [0.15, 0.2) is 0 Å². The molecule has 0 bridgehead atoms. The zero-order valence-electron chi connectivity index (χ0n) is 18.0. The van der Waals surface area contributed by atoms with Gasteiger partial charge in [-0.1, -0.05) is 5.16 Å². The van der Waals surface area contributed by atoms with Crippen molar-refractivity contribution in [2.45, 2.75) is 33.4 Å². The molecule has 0 N–H and O–H groups in total. The lowest BCUT2D eigenvalue weighted by Crippen LogP contribution is -2.34. The number of hydrogen-bond acceptors (Lipinski definition) is 8. The Kier molecular flexibility index (Phi) is 6.13. The highest BCUT2D eigenvalue weighted by molar-refractivity contribution is 7.07. The summed E-state index contributed by atoms with van der Waals surface area (Å²) in [4.78, 5) is 40.3. The molecule has 1 aliphatic rings. The van der Waals surface area contributed by atoms with E-state index in [2.05, 4.69) is 5.16 Å². The summed E-state index contributed by atoms with van der Waals surface area (Å²) >= 11 is 1.54. The number of carbonyl (C=O) groups is 2. The van der Waals surface area contributed by atoms with E-state index in [0.29, 0.717) is 42.2 Å². The van der Waals surface area contributed by atoms with E-state index >= 15 is 0 Å². The fourth-order valence-corrected chi connectivity index (χ4v) is 4.52. The van der Waals surface area contributed by atoms with Crippen LogP contribution in [-0.4, -0.2) is 46.7 Å². The summed E-state index contributed by atoms with van der Waals surface area (Å²) in [6, 6.07) is 3.23. The van der Waals surface area contributed by atoms with Crippen LogP contribution in [0.25, 0.3) is 0 Å². The van der Waals surface area contributed by atoms with Gasteiger partial charge in [-0.15, -0.1) is 0 Å². The molecule has 1 aliphatic heterocycles. The maximum Gasteiger partial charge on any atom is 0.343 e. The van der Waals surface area contributed by atoms with E-state index < -0.39 is 5.97 Å². The zero-order valence-corrected chi connectivity index (χ0v) is 18.9. The van der Waals surface area contributed by atoms with Crippen molar-refractivity contribution in [2.75, 3.05) is 20.2 Å². The standard InChI is InChI=1S/C22H23N3O6S/c1-13-19(14(2)31-23-13)21(27)24-6-4-16-20(22(28)29-3)17(10-18(26)25(16)8-7-24)30-11-15-5-9-32-12-15/h5,9-10,12H,4,6-8,11H2,1-3H3. The van der Waals surface area contributed by atoms with Gasteiger partial charge in [0.05, 0.1) is 12.8 Å². The number of carbonyl (C=O) groups excluding carboxylic acids is 2. The molecule has 32 heavy (non-hydrogen) atoms. The quantitative estimate of drug-likeness (QED) is 0.543. The van der Waals surface area contributed by atoms with E-state index in [-0.39, 0.29) is 35.9 Å². The molecular formula is C22H23N3O6S. The Hall–Kier alpha value is -3.40. The number of hydrogen-bond donors (Lipinski definition) is 0. The summed E-state index contributed by atoms with van der Waals surface area (Å²) < 4.78 is 17.5. The summed E-state index contributed by atoms with van der Waals surface area (Å²) in [5.74, 6) is -0.161. The highest BCUT2D eigenvalue weighted by atomic mass is 32.1. The third-order valence-corrected chi connectivity index (χ3v) is 6.22. The molecule has 1 amide bonds. The first-order valence-corrected chi connectivity index (χ1v) is 11.1. The molecule has 0 unspecified atom stereocenters. The lowest BCUT2D eigenvalue weighted by Gasteiger charge is -2.19. The molecule has 0 aliphatic carbocycles. The summed E-state index contributed by atoms with van der Waals surface area (Å²) in [5, 5.41) is 7.72. The molecule has 0 saturated carbocycles. The van der Waals surface area contributed by atoms with Crippen molar-refractivity contribution in [3.8, 4) is 5.75 Å². The molecule has 0 saturated heterocycles. The Morgan fingerprint density at radius 2 is 2.03 bits per heavy atom. The number of ether oxygens (including phenoxy) is 2. The summed E-state index contributed by atoms with van der Waals surface area (Å²) in [6.07, 6.45) is 0.296. The molecule has 3 aromatic heterocycles. The number of aryl methyl sites for hydroxylation is 2. The Bertz CT molecular complexity index is 1190. The molecule has 168 valence electrons. The van der Waals surface area contributed by atoms with Crippen molar-refractivity contribution in [2.24, 2.45) is 0 Å². The number of rotatable bonds is 5. The van der Waals surface area contributed by atoms with Gasteiger partial charge in [0, 0.05) is 37.8 Å². The second-order valence-corrected chi connectivity index (χ2v) is 8.25. The molecule has 0 spiro atoms. The van der Waals surface area contributed by atoms with Crippen LogP contribution in [0.15, 0.2) is 32.2 Å². The topological polar surface area (TPSA) is 104 Å². The summed E-state index contributed by atoms with van der Waals surface area (Å²) in [5.41, 5.74) is 2.31. The van der Waals surface area contributed by atoms with Gasteiger partial charge in [0.1, 0.15) is 29.2 Å². The molecule has 3 aromatic rings. The van der Waals surface area contributed by atoms with Crippen LogP contribution in [0.2, 0.25) is 0 Å². The highest BCUT2D eigenvalue weighted by Crippen LogP contribution is 2.26. The number of methoxy groups -OCH3 is 1. The van der Waals surface area contributed by atoms with Gasteiger partial charge in [-0.05, 0) is 36.2 Å². The third-order valence-electron chi connectivity index (χ3n) is 5.49. The maximum absolute atomic E-state index is 13.1. The van der Waals surface area contributed by atoms with Crippen LogP contribution in [0.4, 0.5) is 0 Å². The van der Waals surface area contributed by atoms with Crippen molar-refractivity contribution in [3.63, 3.8) is 0 Å². The van der Waals surface area contributed by atoms with Gasteiger partial charge >= 0.3 is 5.97 Å². The predicted molar refractivity (Wildman–Crippen MR) is 116 cm³/mol. The fraction of sp³-hybridized carbons (Fsp3) is 0.364. The van der Waals surface area contributed by atoms with Gasteiger partial charge in [0.25, 0.3) is 11.5 Å². The molecule has 4 heterocycles. The maximum atomic E-state index is 13.1. The molecule has 0 atom stereocenters. The molecule has 10 heteroatoms. The van der Waals surface area contributed by atoms with E-state index in [0.717, 1.165) is 5.56 Å². The van der Waals surface area contributed by atoms with Crippen LogP contribution in [0.3, 0.4) is 0 Å². The molecule has 4 rings (SSSR count). The van der Waals surface area contributed by atoms with Crippen LogP contribution < -0.4 is 10.3 Å². The summed E-state index contributed by atoms with van der Waals surface area (Å²) in [6.45, 7) is 4.51. The fourth-order valence-electron chi connectivity index (χ4n) is 3.87. The molecular weight excluding hydrogens is 434 g/mol. The predicted octanol–water partition coefficient (Wildman–Crippen LogP) is 2.58. The van der Waals surface area contributed by atoms with Gasteiger partial charge in [0.2, 0.25) is 0 Å².